The zero-order valence-electron chi connectivity index (χ0n) is 6.83. The molecule has 1 aliphatic heterocycles. The van der Waals surface area contributed by atoms with E-state index in [2.05, 4.69) is 0 Å². The molecular formula is C8H13FO3. The maximum Gasteiger partial charge on any atom is 0.303 e. The lowest BCUT2D eigenvalue weighted by molar-refractivity contribution is -0.137. The monoisotopic (exact) mass is 176 g/mol. The molecule has 0 spiro atoms. The van der Waals surface area contributed by atoms with Gasteiger partial charge in [0.2, 0.25) is 0 Å². The molecule has 1 rings (SSSR count). The molecule has 70 valence electrons. The van der Waals surface area contributed by atoms with Gasteiger partial charge in [-0.05, 0) is 6.42 Å². The Morgan fingerprint density at radius 3 is 3.00 bits per heavy atom. The molecule has 0 saturated carbocycles. The van der Waals surface area contributed by atoms with Crippen molar-refractivity contribution in [2.24, 2.45) is 5.92 Å². The number of halogens is 1. The van der Waals surface area contributed by atoms with Gasteiger partial charge in [-0.2, -0.15) is 0 Å². The smallest absolute Gasteiger partial charge is 0.303 e. The molecule has 0 aromatic carbocycles. The second-order valence-corrected chi connectivity index (χ2v) is 3.07. The SMILES string of the molecule is O=C(O)CC[C@H]1COCC[C@H]1F. The third-order valence-electron chi connectivity index (χ3n) is 2.11. The molecule has 1 aliphatic rings. The maximum absolute atomic E-state index is 13.0. The number of carboxylic acids is 1. The zero-order chi connectivity index (χ0) is 8.97. The van der Waals surface area contributed by atoms with E-state index < -0.39 is 12.1 Å². The van der Waals surface area contributed by atoms with Gasteiger partial charge in [0, 0.05) is 25.4 Å². The summed E-state index contributed by atoms with van der Waals surface area (Å²) in [7, 11) is 0. The van der Waals surface area contributed by atoms with Crippen LogP contribution < -0.4 is 0 Å². The predicted molar refractivity (Wildman–Crippen MR) is 40.7 cm³/mol. The van der Waals surface area contributed by atoms with Gasteiger partial charge in [-0.1, -0.05) is 0 Å². The van der Waals surface area contributed by atoms with Crippen molar-refractivity contribution < 1.29 is 19.0 Å². The fourth-order valence-electron chi connectivity index (χ4n) is 1.34. The molecule has 0 unspecified atom stereocenters. The third kappa shape index (κ3) is 2.77. The second-order valence-electron chi connectivity index (χ2n) is 3.07. The Balaban J connectivity index is 2.24. The Morgan fingerprint density at radius 2 is 2.42 bits per heavy atom. The van der Waals surface area contributed by atoms with Gasteiger partial charge in [0.25, 0.3) is 0 Å². The van der Waals surface area contributed by atoms with Crippen molar-refractivity contribution in [1.82, 2.24) is 0 Å². The molecule has 0 radical (unpaired) electrons. The van der Waals surface area contributed by atoms with Crippen LogP contribution in [0.4, 0.5) is 4.39 Å². The average Bonchev–Trinajstić information content (AvgIpc) is 2.03. The first-order valence-corrected chi connectivity index (χ1v) is 4.13. The van der Waals surface area contributed by atoms with Crippen LogP contribution in [0.5, 0.6) is 0 Å². The molecule has 0 aromatic rings. The van der Waals surface area contributed by atoms with Gasteiger partial charge >= 0.3 is 5.97 Å². The molecule has 1 saturated heterocycles. The fourth-order valence-corrected chi connectivity index (χ4v) is 1.34. The van der Waals surface area contributed by atoms with Gasteiger partial charge in [0.1, 0.15) is 6.17 Å². The number of hydrogen-bond donors (Lipinski definition) is 1. The highest BCUT2D eigenvalue weighted by Gasteiger charge is 2.25. The van der Waals surface area contributed by atoms with Gasteiger partial charge in [-0.25, -0.2) is 4.39 Å². The van der Waals surface area contributed by atoms with Crippen LogP contribution in [-0.4, -0.2) is 30.5 Å². The van der Waals surface area contributed by atoms with Crippen LogP contribution in [0.3, 0.4) is 0 Å². The molecule has 12 heavy (non-hydrogen) atoms. The Bertz CT molecular complexity index is 160. The van der Waals surface area contributed by atoms with Gasteiger partial charge < -0.3 is 9.84 Å². The number of ether oxygens (including phenoxy) is 1. The average molecular weight is 176 g/mol. The summed E-state index contributed by atoms with van der Waals surface area (Å²) in [5, 5.41) is 8.37. The number of hydrogen-bond acceptors (Lipinski definition) is 2. The van der Waals surface area contributed by atoms with Crippen LogP contribution in [-0.2, 0) is 9.53 Å². The highest BCUT2D eigenvalue weighted by atomic mass is 19.1. The number of carboxylic acid groups (broad SMARTS) is 1. The Morgan fingerprint density at radius 1 is 1.67 bits per heavy atom. The van der Waals surface area contributed by atoms with E-state index in [1.54, 1.807) is 0 Å². The molecular weight excluding hydrogens is 163 g/mol. The zero-order valence-corrected chi connectivity index (χ0v) is 6.83. The van der Waals surface area contributed by atoms with Crippen molar-refractivity contribution >= 4 is 5.97 Å². The first kappa shape index (κ1) is 9.45. The van der Waals surface area contributed by atoms with Crippen LogP contribution in [0.25, 0.3) is 0 Å². The lowest BCUT2D eigenvalue weighted by atomic mass is 9.95. The van der Waals surface area contributed by atoms with Crippen LogP contribution in [0, 0.1) is 5.92 Å². The molecule has 1 heterocycles. The van der Waals surface area contributed by atoms with Crippen LogP contribution in [0.2, 0.25) is 0 Å². The normalized spacial score (nSPS) is 30.1. The van der Waals surface area contributed by atoms with Crippen molar-refractivity contribution in [2.45, 2.75) is 25.4 Å². The standard InChI is InChI=1S/C8H13FO3/c9-7-3-4-12-5-6(7)1-2-8(10)11/h6-7H,1-5H2,(H,10,11)/t6-,7+/m0/s1. The predicted octanol–water partition coefficient (Wildman–Crippen LogP) is 1.23. The summed E-state index contributed by atoms with van der Waals surface area (Å²) in [6.45, 7) is 0.833. The number of carbonyl (C=O) groups is 1. The molecule has 1 fully saturated rings. The van der Waals surface area contributed by atoms with E-state index in [9.17, 15) is 9.18 Å². The third-order valence-corrected chi connectivity index (χ3v) is 2.11. The largest absolute Gasteiger partial charge is 0.481 e. The summed E-state index contributed by atoms with van der Waals surface area (Å²) in [4.78, 5) is 10.2. The summed E-state index contributed by atoms with van der Waals surface area (Å²) in [6.07, 6.45) is -0.0482. The topological polar surface area (TPSA) is 46.5 Å². The van der Waals surface area contributed by atoms with Crippen molar-refractivity contribution in [3.8, 4) is 0 Å². The van der Waals surface area contributed by atoms with Crippen molar-refractivity contribution in [2.75, 3.05) is 13.2 Å². The summed E-state index contributed by atoms with van der Waals surface area (Å²) in [6, 6.07) is 0. The van der Waals surface area contributed by atoms with Gasteiger partial charge in [0.05, 0.1) is 6.61 Å². The molecule has 4 heteroatoms. The molecule has 3 nitrogen and oxygen atoms in total. The Kier molecular flexibility index (Phi) is 3.47. The fraction of sp³-hybridized carbons (Fsp3) is 0.875. The van der Waals surface area contributed by atoms with Gasteiger partial charge in [-0.3, -0.25) is 4.79 Å². The molecule has 0 bridgehead atoms. The van der Waals surface area contributed by atoms with Crippen LogP contribution in [0.15, 0.2) is 0 Å². The summed E-state index contributed by atoms with van der Waals surface area (Å²) >= 11 is 0. The van der Waals surface area contributed by atoms with Crippen molar-refractivity contribution in [3.05, 3.63) is 0 Å². The number of aliphatic carboxylic acids is 1. The van der Waals surface area contributed by atoms with Crippen molar-refractivity contribution in [3.63, 3.8) is 0 Å². The molecule has 0 amide bonds. The van der Waals surface area contributed by atoms with E-state index >= 15 is 0 Å². The first-order chi connectivity index (χ1) is 5.70. The van der Waals surface area contributed by atoms with Crippen molar-refractivity contribution in [1.29, 1.82) is 0 Å². The first-order valence-electron chi connectivity index (χ1n) is 4.13. The van der Waals surface area contributed by atoms with Crippen LogP contribution >= 0.6 is 0 Å². The maximum atomic E-state index is 13.0. The number of rotatable bonds is 3. The van der Waals surface area contributed by atoms with E-state index in [1.165, 1.54) is 0 Å². The van der Waals surface area contributed by atoms with E-state index in [-0.39, 0.29) is 12.3 Å². The molecule has 0 aliphatic carbocycles. The lowest BCUT2D eigenvalue weighted by Crippen LogP contribution is -2.29. The molecule has 1 N–H and O–H groups in total. The van der Waals surface area contributed by atoms with E-state index in [0.29, 0.717) is 26.1 Å². The molecule has 2 atom stereocenters. The Hall–Kier alpha value is -0.640. The second kappa shape index (κ2) is 4.40. The summed E-state index contributed by atoms with van der Waals surface area (Å²) in [5.74, 6) is -1.08. The van der Waals surface area contributed by atoms with E-state index in [1.807, 2.05) is 0 Å². The van der Waals surface area contributed by atoms with Gasteiger partial charge in [-0.15, -0.1) is 0 Å². The summed E-state index contributed by atoms with van der Waals surface area (Å²) < 4.78 is 18.1. The highest BCUT2D eigenvalue weighted by molar-refractivity contribution is 5.66. The highest BCUT2D eigenvalue weighted by Crippen LogP contribution is 2.22. The van der Waals surface area contributed by atoms with E-state index in [4.69, 9.17) is 9.84 Å². The van der Waals surface area contributed by atoms with Gasteiger partial charge in [0.15, 0.2) is 0 Å². The summed E-state index contributed by atoms with van der Waals surface area (Å²) in [5.41, 5.74) is 0. The minimum atomic E-state index is -0.877. The molecule has 0 aromatic heterocycles. The number of alkyl halides is 1. The van der Waals surface area contributed by atoms with Crippen LogP contribution in [0.1, 0.15) is 19.3 Å². The quantitative estimate of drug-likeness (QED) is 0.703. The minimum absolute atomic E-state index is 0.0362. The lowest BCUT2D eigenvalue weighted by Gasteiger charge is -2.25. The van der Waals surface area contributed by atoms with E-state index in [0.717, 1.165) is 0 Å². The minimum Gasteiger partial charge on any atom is -0.481 e. The Labute approximate surface area is 70.5 Å².